The molecule has 1 rings (SSSR count). The van der Waals surface area contributed by atoms with Gasteiger partial charge in [0.05, 0.1) is 12.0 Å². The van der Waals surface area contributed by atoms with E-state index in [-0.39, 0.29) is 18.6 Å². The van der Waals surface area contributed by atoms with E-state index >= 15 is 0 Å². The fourth-order valence-electron chi connectivity index (χ4n) is 1.34. The van der Waals surface area contributed by atoms with E-state index in [0.29, 0.717) is 0 Å². The van der Waals surface area contributed by atoms with Gasteiger partial charge in [-0.05, 0) is 26.0 Å². The van der Waals surface area contributed by atoms with Crippen LogP contribution < -0.4 is 10.6 Å². The van der Waals surface area contributed by atoms with Crippen LogP contribution in [0.15, 0.2) is 12.1 Å². The number of carbonyl (C=O) groups is 2. The third kappa shape index (κ3) is 4.37. The fraction of sp³-hybridized carbons (Fsp3) is 0.500. The molecule has 0 aliphatic rings. The van der Waals surface area contributed by atoms with Crippen LogP contribution in [-0.4, -0.2) is 23.7 Å². The molecule has 0 spiro atoms. The Bertz CT molecular complexity index is 431. The van der Waals surface area contributed by atoms with Crippen molar-refractivity contribution in [2.24, 2.45) is 5.92 Å². The molecule has 5 nitrogen and oxygen atoms in total. The average molecular weight is 270 g/mol. The molecule has 100 valence electrons. The highest BCUT2D eigenvalue weighted by molar-refractivity contribution is 7.12. The van der Waals surface area contributed by atoms with Crippen LogP contribution in [0.2, 0.25) is 0 Å². The highest BCUT2D eigenvalue weighted by Gasteiger charge is 2.14. The van der Waals surface area contributed by atoms with Crippen molar-refractivity contribution in [2.45, 2.75) is 26.8 Å². The first-order valence-electron chi connectivity index (χ1n) is 5.73. The lowest BCUT2D eigenvalue weighted by molar-refractivity contribution is -0.140. The second-order valence-electron chi connectivity index (χ2n) is 4.26. The highest BCUT2D eigenvalue weighted by atomic mass is 32.1. The zero-order valence-electron chi connectivity index (χ0n) is 10.7. The van der Waals surface area contributed by atoms with Gasteiger partial charge in [0.2, 0.25) is 0 Å². The van der Waals surface area contributed by atoms with E-state index in [1.54, 1.807) is 18.3 Å². The van der Waals surface area contributed by atoms with Crippen LogP contribution >= 0.6 is 11.3 Å². The topological polar surface area (TPSA) is 78.4 Å². The molecule has 0 bridgehead atoms. The van der Waals surface area contributed by atoms with Crippen LogP contribution in [0.4, 0.5) is 4.79 Å². The van der Waals surface area contributed by atoms with Gasteiger partial charge in [0.25, 0.3) is 0 Å². The van der Waals surface area contributed by atoms with Crippen molar-refractivity contribution in [3.8, 4) is 0 Å². The molecule has 0 fully saturated rings. The van der Waals surface area contributed by atoms with Crippen LogP contribution in [0.5, 0.6) is 0 Å². The summed E-state index contributed by atoms with van der Waals surface area (Å²) in [7, 11) is 0. The number of rotatable bonds is 5. The molecule has 2 unspecified atom stereocenters. The van der Waals surface area contributed by atoms with Crippen LogP contribution in [0.1, 0.15) is 29.6 Å². The van der Waals surface area contributed by atoms with Gasteiger partial charge < -0.3 is 15.7 Å². The zero-order chi connectivity index (χ0) is 13.7. The minimum atomic E-state index is -0.919. The summed E-state index contributed by atoms with van der Waals surface area (Å²) in [5, 5.41) is 14.0. The summed E-state index contributed by atoms with van der Waals surface area (Å²) in [4.78, 5) is 24.4. The van der Waals surface area contributed by atoms with E-state index in [1.807, 2.05) is 26.0 Å². The lowest BCUT2D eigenvalue weighted by Gasteiger charge is -2.14. The van der Waals surface area contributed by atoms with Gasteiger partial charge in [-0.2, -0.15) is 0 Å². The van der Waals surface area contributed by atoms with Crippen LogP contribution in [-0.2, 0) is 4.79 Å². The molecule has 1 aromatic heterocycles. The number of aliphatic carboxylic acids is 1. The minimum Gasteiger partial charge on any atom is -0.481 e. The van der Waals surface area contributed by atoms with Gasteiger partial charge in [0.15, 0.2) is 0 Å². The number of nitrogens with one attached hydrogen (secondary N) is 2. The van der Waals surface area contributed by atoms with E-state index in [0.717, 1.165) is 4.88 Å². The maximum Gasteiger partial charge on any atom is 0.315 e. The number of urea groups is 1. The van der Waals surface area contributed by atoms with Crippen LogP contribution in [0.3, 0.4) is 0 Å². The second kappa shape index (κ2) is 6.39. The number of carbonyl (C=O) groups excluding carboxylic acids is 1. The smallest absolute Gasteiger partial charge is 0.315 e. The van der Waals surface area contributed by atoms with Gasteiger partial charge in [-0.15, -0.1) is 11.3 Å². The Hall–Kier alpha value is -1.56. The summed E-state index contributed by atoms with van der Waals surface area (Å²) < 4.78 is 0. The van der Waals surface area contributed by atoms with E-state index < -0.39 is 11.9 Å². The first-order chi connectivity index (χ1) is 8.40. The zero-order valence-corrected chi connectivity index (χ0v) is 11.5. The Morgan fingerprint density at radius 1 is 1.39 bits per heavy atom. The molecule has 0 aliphatic carbocycles. The van der Waals surface area contributed by atoms with Gasteiger partial charge in [-0.1, -0.05) is 6.92 Å². The lowest BCUT2D eigenvalue weighted by atomic mass is 10.2. The Labute approximate surface area is 110 Å². The van der Waals surface area contributed by atoms with Crippen molar-refractivity contribution >= 4 is 23.3 Å². The Morgan fingerprint density at radius 2 is 2.06 bits per heavy atom. The largest absolute Gasteiger partial charge is 0.481 e. The Balaban J connectivity index is 2.38. The molecule has 2 amide bonds. The minimum absolute atomic E-state index is 0.0798. The number of thiophene rings is 1. The SMILES string of the molecule is Cc1ccc(C(C)NC(=O)NCC(C)C(=O)O)s1. The van der Waals surface area contributed by atoms with Gasteiger partial charge in [-0.25, -0.2) is 4.79 Å². The summed E-state index contributed by atoms with van der Waals surface area (Å²) in [5.41, 5.74) is 0. The monoisotopic (exact) mass is 270 g/mol. The molecule has 0 aliphatic heterocycles. The standard InChI is InChI=1S/C12H18N2O3S/c1-7(11(15)16)6-13-12(17)14-9(3)10-5-4-8(2)18-10/h4-5,7,9H,6H2,1-3H3,(H,15,16)(H2,13,14,17). The van der Waals surface area contributed by atoms with E-state index in [9.17, 15) is 9.59 Å². The number of hydrogen-bond acceptors (Lipinski definition) is 3. The molecule has 2 atom stereocenters. The third-order valence-electron chi connectivity index (χ3n) is 2.53. The molecule has 3 N–H and O–H groups in total. The van der Waals surface area contributed by atoms with Crippen LogP contribution in [0, 0.1) is 12.8 Å². The van der Waals surface area contributed by atoms with Gasteiger partial charge in [0.1, 0.15) is 0 Å². The fourth-order valence-corrected chi connectivity index (χ4v) is 2.22. The number of amides is 2. The van der Waals surface area contributed by atoms with Gasteiger partial charge in [-0.3, -0.25) is 4.79 Å². The highest BCUT2D eigenvalue weighted by Crippen LogP contribution is 2.21. The summed E-state index contributed by atoms with van der Waals surface area (Å²) in [6, 6.07) is 3.55. The van der Waals surface area contributed by atoms with E-state index in [2.05, 4.69) is 10.6 Å². The maximum absolute atomic E-state index is 11.6. The Kier molecular flexibility index (Phi) is 5.15. The van der Waals surface area contributed by atoms with Crippen molar-refractivity contribution in [1.29, 1.82) is 0 Å². The van der Waals surface area contributed by atoms with E-state index in [1.165, 1.54) is 4.88 Å². The van der Waals surface area contributed by atoms with Gasteiger partial charge in [0, 0.05) is 16.3 Å². The maximum atomic E-state index is 11.6. The molecule has 0 saturated carbocycles. The molecule has 1 heterocycles. The molecule has 0 radical (unpaired) electrons. The lowest BCUT2D eigenvalue weighted by Crippen LogP contribution is -2.40. The third-order valence-corrected chi connectivity index (χ3v) is 3.71. The second-order valence-corrected chi connectivity index (χ2v) is 5.58. The molecular weight excluding hydrogens is 252 g/mol. The van der Waals surface area contributed by atoms with Crippen molar-refractivity contribution < 1.29 is 14.7 Å². The molecule has 1 aromatic rings. The molecule has 0 saturated heterocycles. The molecule has 18 heavy (non-hydrogen) atoms. The number of hydrogen-bond donors (Lipinski definition) is 3. The molecule has 0 aromatic carbocycles. The normalized spacial score (nSPS) is 13.7. The van der Waals surface area contributed by atoms with Gasteiger partial charge >= 0.3 is 12.0 Å². The number of aryl methyl sites for hydroxylation is 1. The summed E-state index contributed by atoms with van der Waals surface area (Å²) in [5.74, 6) is -1.51. The van der Waals surface area contributed by atoms with Crippen molar-refractivity contribution in [3.05, 3.63) is 21.9 Å². The number of carboxylic acid groups (broad SMARTS) is 1. The predicted molar refractivity (Wildman–Crippen MR) is 70.8 cm³/mol. The quantitative estimate of drug-likeness (QED) is 0.767. The van der Waals surface area contributed by atoms with Crippen LogP contribution in [0.25, 0.3) is 0 Å². The Morgan fingerprint density at radius 3 is 2.56 bits per heavy atom. The molecule has 6 heteroatoms. The summed E-state index contributed by atoms with van der Waals surface area (Å²) in [6.07, 6.45) is 0. The summed E-state index contributed by atoms with van der Waals surface area (Å²) in [6.45, 7) is 5.58. The number of carboxylic acids is 1. The first-order valence-corrected chi connectivity index (χ1v) is 6.55. The predicted octanol–water partition coefficient (Wildman–Crippen LogP) is 2.14. The first kappa shape index (κ1) is 14.5. The average Bonchev–Trinajstić information content (AvgIpc) is 2.72. The summed E-state index contributed by atoms with van der Waals surface area (Å²) >= 11 is 1.63. The van der Waals surface area contributed by atoms with E-state index in [4.69, 9.17) is 5.11 Å². The molecular formula is C12H18N2O3S. The van der Waals surface area contributed by atoms with Crippen molar-refractivity contribution in [2.75, 3.05) is 6.54 Å². The van der Waals surface area contributed by atoms with Crippen molar-refractivity contribution in [1.82, 2.24) is 10.6 Å². The van der Waals surface area contributed by atoms with Crippen molar-refractivity contribution in [3.63, 3.8) is 0 Å².